The summed E-state index contributed by atoms with van der Waals surface area (Å²) in [4.78, 5) is 15.1. The minimum Gasteiger partial charge on any atom is -0.508 e. The molecule has 9 rings (SSSR count). The van der Waals surface area contributed by atoms with Crippen molar-refractivity contribution in [2.75, 3.05) is 44.3 Å². The van der Waals surface area contributed by atoms with Gasteiger partial charge in [0.15, 0.2) is 0 Å². The van der Waals surface area contributed by atoms with Crippen molar-refractivity contribution in [3.63, 3.8) is 0 Å². The van der Waals surface area contributed by atoms with E-state index in [2.05, 4.69) is 40.1 Å². The average Bonchev–Trinajstić information content (AvgIpc) is 3.33. The number of hydrogen-bond acceptors (Lipinski definition) is 8. The number of fused-ring (bicyclic) bond motifs is 6. The number of aryl methyl sites for hydroxylation is 1. The molecule has 4 bridgehead atoms. The zero-order valence-corrected chi connectivity index (χ0v) is 26.8. The van der Waals surface area contributed by atoms with Gasteiger partial charge in [0.25, 0.3) is 0 Å². The number of terminal acetylenes is 1. The summed E-state index contributed by atoms with van der Waals surface area (Å²) in [7, 11) is 0. The van der Waals surface area contributed by atoms with Crippen LogP contribution in [0.1, 0.15) is 50.2 Å². The smallest absolute Gasteiger partial charge is 0.318 e. The van der Waals surface area contributed by atoms with Crippen molar-refractivity contribution in [1.82, 2.24) is 20.2 Å². The van der Waals surface area contributed by atoms with Crippen LogP contribution in [-0.2, 0) is 11.2 Å². The van der Waals surface area contributed by atoms with E-state index in [0.717, 1.165) is 86.3 Å². The lowest BCUT2D eigenvalue weighted by molar-refractivity contribution is 0.0176. The standard InChI is InChI=1S/C38H40FN5O3/c1-3-22-12-32-34(15-30(22)31-14-27(45)11-23-5-8-33(39)29(4-2)35(23)31)41-37(42-36(32)43-16-24-6-7-25(17-43)40-24)47-21-38(9-10-38)20-44-18-28-13-26(44)19-46-28/h2,5,8,11-12,14-15,24-26,28,40,45H,3,6-7,9-10,13,16-21H2,1H3/t24?,25?,26-,28-/m0/s1. The van der Waals surface area contributed by atoms with E-state index in [1.54, 1.807) is 18.2 Å². The van der Waals surface area contributed by atoms with Crippen LogP contribution < -0.4 is 15.0 Å². The minimum atomic E-state index is -0.456. The summed E-state index contributed by atoms with van der Waals surface area (Å²) in [5.74, 6) is 3.11. The van der Waals surface area contributed by atoms with Crippen LogP contribution in [0.2, 0.25) is 0 Å². The maximum Gasteiger partial charge on any atom is 0.318 e. The van der Waals surface area contributed by atoms with Crippen molar-refractivity contribution in [2.45, 2.75) is 69.7 Å². The van der Waals surface area contributed by atoms with Gasteiger partial charge >= 0.3 is 6.01 Å². The van der Waals surface area contributed by atoms with Gasteiger partial charge < -0.3 is 24.8 Å². The monoisotopic (exact) mass is 633 g/mol. The van der Waals surface area contributed by atoms with E-state index in [0.29, 0.717) is 53.2 Å². The van der Waals surface area contributed by atoms with Crippen LogP contribution >= 0.6 is 0 Å². The van der Waals surface area contributed by atoms with E-state index in [4.69, 9.17) is 25.9 Å². The van der Waals surface area contributed by atoms with Crippen LogP contribution in [0.15, 0.2) is 36.4 Å². The SMILES string of the molecule is C#Cc1c(F)ccc2cc(O)cc(-c3cc4nc(OCC5(CN6C[C@@H]7C[C@H]6CO7)CC5)nc(N5CC6CCC(C5)N6)c4cc3CC)c12. The van der Waals surface area contributed by atoms with Gasteiger partial charge in [0.2, 0.25) is 0 Å². The maximum atomic E-state index is 15.0. The van der Waals surface area contributed by atoms with Crippen molar-refractivity contribution >= 4 is 27.5 Å². The number of rotatable bonds is 8. The first-order valence-electron chi connectivity index (χ1n) is 17.1. The third kappa shape index (κ3) is 5.09. The molecule has 2 N–H and O–H groups in total. The normalized spacial score (nSPS) is 25.9. The number of aromatic hydroxyl groups is 1. The van der Waals surface area contributed by atoms with E-state index < -0.39 is 5.82 Å². The molecule has 47 heavy (non-hydrogen) atoms. The molecule has 0 radical (unpaired) electrons. The first kappa shape index (κ1) is 29.2. The van der Waals surface area contributed by atoms with Gasteiger partial charge in [-0.2, -0.15) is 9.97 Å². The zero-order valence-electron chi connectivity index (χ0n) is 26.8. The first-order chi connectivity index (χ1) is 22.9. The van der Waals surface area contributed by atoms with E-state index in [-0.39, 0.29) is 16.7 Å². The summed E-state index contributed by atoms with van der Waals surface area (Å²) in [6.45, 7) is 7.36. The summed E-state index contributed by atoms with van der Waals surface area (Å²) in [5.41, 5.74) is 3.69. The van der Waals surface area contributed by atoms with Crippen LogP contribution in [0.4, 0.5) is 10.2 Å². The van der Waals surface area contributed by atoms with Crippen molar-refractivity contribution in [3.8, 4) is 35.2 Å². The highest BCUT2D eigenvalue weighted by molar-refractivity contribution is 6.04. The molecule has 9 heteroatoms. The molecule has 4 saturated heterocycles. The van der Waals surface area contributed by atoms with Crippen LogP contribution in [-0.4, -0.2) is 83.6 Å². The lowest BCUT2D eigenvalue weighted by Gasteiger charge is -2.34. The second-order valence-corrected chi connectivity index (χ2v) is 14.5. The lowest BCUT2D eigenvalue weighted by Crippen LogP contribution is -2.51. The molecule has 5 aliphatic rings. The zero-order chi connectivity index (χ0) is 31.9. The number of anilines is 1. The van der Waals surface area contributed by atoms with Crippen LogP contribution in [0, 0.1) is 23.6 Å². The van der Waals surface area contributed by atoms with Gasteiger partial charge in [0.1, 0.15) is 17.4 Å². The van der Waals surface area contributed by atoms with Gasteiger partial charge in [0.05, 0.1) is 30.4 Å². The Labute approximate surface area is 274 Å². The van der Waals surface area contributed by atoms with Gasteiger partial charge in [-0.05, 0) is 90.9 Å². The predicted octanol–water partition coefficient (Wildman–Crippen LogP) is 5.41. The molecular weight excluding hydrogens is 593 g/mol. The number of morpholine rings is 1. The summed E-state index contributed by atoms with van der Waals surface area (Å²) >= 11 is 0. The molecule has 0 amide bonds. The van der Waals surface area contributed by atoms with Gasteiger partial charge in [-0.3, -0.25) is 4.90 Å². The number of phenols is 1. The Hall–Kier alpha value is -3.97. The molecule has 8 nitrogen and oxygen atoms in total. The average molecular weight is 634 g/mol. The quantitative estimate of drug-likeness (QED) is 0.250. The largest absolute Gasteiger partial charge is 0.508 e. The van der Waals surface area contributed by atoms with E-state index in [1.807, 2.05) is 0 Å². The third-order valence-corrected chi connectivity index (χ3v) is 11.3. The number of benzene rings is 3. The molecule has 242 valence electrons. The van der Waals surface area contributed by atoms with Gasteiger partial charge in [-0.15, -0.1) is 6.42 Å². The number of hydrogen-bond donors (Lipinski definition) is 2. The highest BCUT2D eigenvalue weighted by atomic mass is 19.1. The predicted molar refractivity (Wildman–Crippen MR) is 180 cm³/mol. The summed E-state index contributed by atoms with van der Waals surface area (Å²) in [6, 6.07) is 12.4. The van der Waals surface area contributed by atoms with Gasteiger partial charge in [-0.1, -0.05) is 18.9 Å². The molecule has 5 heterocycles. The maximum absolute atomic E-state index is 15.0. The number of nitrogens with zero attached hydrogens (tertiary/aromatic N) is 4. The Morgan fingerprint density at radius 1 is 1.11 bits per heavy atom. The molecule has 1 saturated carbocycles. The number of aromatic nitrogens is 2. The number of phenolic OH excluding ortho intramolecular Hbond substituents is 1. The van der Waals surface area contributed by atoms with Crippen LogP contribution in [0.25, 0.3) is 32.8 Å². The van der Waals surface area contributed by atoms with Crippen LogP contribution in [0.3, 0.4) is 0 Å². The fourth-order valence-corrected chi connectivity index (χ4v) is 8.63. The van der Waals surface area contributed by atoms with E-state index in [1.165, 1.54) is 18.9 Å². The van der Waals surface area contributed by atoms with Crippen LogP contribution in [0.5, 0.6) is 11.8 Å². The van der Waals surface area contributed by atoms with E-state index in [9.17, 15) is 5.11 Å². The molecule has 1 aromatic heterocycles. The Bertz CT molecular complexity index is 1940. The molecule has 3 aromatic carbocycles. The van der Waals surface area contributed by atoms with Gasteiger partial charge in [0, 0.05) is 60.5 Å². The second-order valence-electron chi connectivity index (χ2n) is 14.5. The fraction of sp³-hybridized carbons (Fsp3) is 0.474. The topological polar surface area (TPSA) is 83.0 Å². The second kappa shape index (κ2) is 11.0. The van der Waals surface area contributed by atoms with Crippen molar-refractivity contribution in [3.05, 3.63) is 53.3 Å². The lowest BCUT2D eigenvalue weighted by atomic mass is 9.90. The number of halogens is 1. The molecule has 4 aliphatic heterocycles. The number of nitrogens with one attached hydrogen (secondary N) is 1. The third-order valence-electron chi connectivity index (χ3n) is 11.3. The fourth-order valence-electron chi connectivity index (χ4n) is 8.63. The number of likely N-dealkylation sites (tertiary alicyclic amines) is 1. The Morgan fingerprint density at radius 3 is 2.64 bits per heavy atom. The molecule has 1 aliphatic carbocycles. The van der Waals surface area contributed by atoms with Crippen molar-refractivity contribution in [1.29, 1.82) is 0 Å². The Morgan fingerprint density at radius 2 is 1.94 bits per heavy atom. The summed E-state index contributed by atoms with van der Waals surface area (Å²) < 4.78 is 27.4. The highest BCUT2D eigenvalue weighted by Crippen LogP contribution is 2.48. The van der Waals surface area contributed by atoms with Crippen molar-refractivity contribution in [2.24, 2.45) is 5.41 Å². The van der Waals surface area contributed by atoms with Gasteiger partial charge in [-0.25, -0.2) is 4.39 Å². The molecule has 2 unspecified atom stereocenters. The molecule has 5 fully saturated rings. The minimum absolute atomic E-state index is 0.0976. The summed E-state index contributed by atoms with van der Waals surface area (Å²) in [5, 5.41) is 16.8. The molecule has 4 atom stereocenters. The molecule has 0 spiro atoms. The molecular formula is C38H40FN5O3. The Balaban J connectivity index is 1.14. The summed E-state index contributed by atoms with van der Waals surface area (Å²) in [6.07, 6.45) is 12.7. The Kier molecular flexibility index (Phi) is 6.86. The van der Waals surface area contributed by atoms with E-state index >= 15 is 4.39 Å². The first-order valence-corrected chi connectivity index (χ1v) is 17.1. The molecule has 4 aromatic rings. The number of ether oxygens (including phenoxy) is 2. The number of piperazine rings is 1. The highest BCUT2D eigenvalue weighted by Gasteiger charge is 2.49. The van der Waals surface area contributed by atoms with Crippen molar-refractivity contribution < 1.29 is 19.0 Å².